The van der Waals surface area contributed by atoms with E-state index in [-0.39, 0.29) is 17.3 Å². The maximum atomic E-state index is 10.8. The van der Waals surface area contributed by atoms with Crippen molar-refractivity contribution in [2.75, 3.05) is 13.2 Å². The Morgan fingerprint density at radius 1 is 0.714 bits per heavy atom. The van der Waals surface area contributed by atoms with Crippen molar-refractivity contribution in [1.82, 2.24) is 0 Å². The number of rotatable bonds is 7. The van der Waals surface area contributed by atoms with Crippen LogP contribution in [0.4, 0.5) is 0 Å². The zero-order valence-corrected chi connectivity index (χ0v) is 15.4. The number of carbonyl (C=O) groups excluding carboxylic acids is 1. The van der Waals surface area contributed by atoms with E-state index in [0.29, 0.717) is 24.7 Å². The first-order valence-corrected chi connectivity index (χ1v) is 9.10. The Labute approximate surface area is 163 Å². The Hall–Kier alpha value is -3.47. The van der Waals surface area contributed by atoms with Gasteiger partial charge in [0.05, 0.1) is 13.2 Å². The van der Waals surface area contributed by atoms with Gasteiger partial charge in [0.2, 0.25) is 0 Å². The molecular weight excluding hydrogens is 356 g/mol. The minimum Gasteiger partial charge on any atom is -0.508 e. The molecule has 0 saturated heterocycles. The van der Waals surface area contributed by atoms with Gasteiger partial charge in [0.25, 0.3) is 0 Å². The van der Waals surface area contributed by atoms with Gasteiger partial charge in [-0.2, -0.15) is 0 Å². The molecule has 28 heavy (non-hydrogen) atoms. The number of unbranched alkanes of at least 4 members (excludes halogenated alkanes) is 1. The van der Waals surface area contributed by atoms with Gasteiger partial charge in [-0.15, -0.1) is 0 Å². The Bertz CT molecular complexity index is 851. The minimum absolute atomic E-state index is 0.185. The maximum Gasteiger partial charge on any atom is 0.193 e. The highest BCUT2D eigenvalue weighted by molar-refractivity contribution is 6.17. The van der Waals surface area contributed by atoms with E-state index < -0.39 is 0 Å². The molecule has 0 unspecified atom stereocenters. The molecule has 2 N–H and O–H groups in total. The summed E-state index contributed by atoms with van der Waals surface area (Å²) in [6.45, 7) is 1.15. The summed E-state index contributed by atoms with van der Waals surface area (Å²) < 4.78 is 11.0. The van der Waals surface area contributed by atoms with E-state index in [1.54, 1.807) is 36.4 Å². The summed E-state index contributed by atoms with van der Waals surface area (Å²) in [4.78, 5) is 10.8. The van der Waals surface area contributed by atoms with E-state index in [4.69, 9.17) is 9.47 Å². The van der Waals surface area contributed by atoms with Crippen molar-refractivity contribution in [2.24, 2.45) is 0 Å². The lowest BCUT2D eigenvalue weighted by molar-refractivity contribution is -0.111. The van der Waals surface area contributed by atoms with Gasteiger partial charge < -0.3 is 19.7 Å². The quantitative estimate of drug-likeness (QED) is 0.702. The fourth-order valence-corrected chi connectivity index (χ4v) is 2.67. The highest BCUT2D eigenvalue weighted by Gasteiger charge is 2.20. The summed E-state index contributed by atoms with van der Waals surface area (Å²) in [5.41, 5.74) is 1.67. The number of allylic oxidation sites excluding steroid dienone is 6. The van der Waals surface area contributed by atoms with Gasteiger partial charge in [-0.1, -0.05) is 36.4 Å². The minimum atomic E-state index is 0.185. The zero-order valence-electron chi connectivity index (χ0n) is 15.4. The van der Waals surface area contributed by atoms with E-state index >= 15 is 0 Å². The van der Waals surface area contributed by atoms with Gasteiger partial charge in [-0.25, -0.2) is 0 Å². The van der Waals surface area contributed by atoms with Crippen molar-refractivity contribution >= 4 is 5.78 Å². The summed E-state index contributed by atoms with van der Waals surface area (Å²) in [5.74, 6) is 1.92. The summed E-state index contributed by atoms with van der Waals surface area (Å²) in [6.07, 6.45) is 9.09. The molecule has 0 saturated carbocycles. The van der Waals surface area contributed by atoms with Crippen LogP contribution in [0.3, 0.4) is 0 Å². The number of hydrogen-bond donors (Lipinski definition) is 2. The van der Waals surface area contributed by atoms with Crippen LogP contribution >= 0.6 is 0 Å². The molecule has 5 heteroatoms. The molecule has 0 heterocycles. The number of hydrogen-bond acceptors (Lipinski definition) is 5. The number of ether oxygens (including phenoxy) is 2. The van der Waals surface area contributed by atoms with Crippen LogP contribution in [-0.4, -0.2) is 29.2 Å². The third kappa shape index (κ3) is 5.51. The monoisotopic (exact) mass is 378 g/mol. The molecule has 0 amide bonds. The number of fused-ring (bicyclic) bond motifs is 2. The van der Waals surface area contributed by atoms with Gasteiger partial charge in [-0.05, 0) is 37.1 Å². The van der Waals surface area contributed by atoms with Crippen LogP contribution < -0.4 is 9.47 Å². The Kier molecular flexibility index (Phi) is 6.52. The smallest absolute Gasteiger partial charge is 0.193 e. The largest absolute Gasteiger partial charge is 0.508 e. The van der Waals surface area contributed by atoms with E-state index in [9.17, 15) is 15.0 Å². The van der Waals surface area contributed by atoms with Crippen LogP contribution in [0.15, 0.2) is 84.0 Å². The van der Waals surface area contributed by atoms with E-state index in [1.165, 1.54) is 0 Å². The predicted octanol–water partition coefficient (Wildman–Crippen LogP) is 4.33. The standard InChI is InChI=1S/C16H18O4.C7H4O/c17-13-5-3-7-15(11-13)19-9-1-2-10-20-16-8-4-6-14(18)12-16;8-7-5-1-2-6(7)4-3-5/h3-8,11-12,17-18H,1-2,9-10H2;1-4H. The second-order valence-electron chi connectivity index (χ2n) is 6.31. The van der Waals surface area contributed by atoms with Crippen molar-refractivity contribution in [3.8, 4) is 23.0 Å². The Morgan fingerprint density at radius 3 is 1.50 bits per heavy atom. The molecule has 0 radical (unpaired) electrons. The average Bonchev–Trinajstić information content (AvgIpc) is 3.22. The highest BCUT2D eigenvalue weighted by Crippen LogP contribution is 2.23. The molecule has 2 aliphatic carbocycles. The number of phenols is 2. The van der Waals surface area contributed by atoms with Gasteiger partial charge in [0.15, 0.2) is 5.78 Å². The summed E-state index contributed by atoms with van der Waals surface area (Å²) in [6, 6.07) is 13.5. The molecule has 2 bridgehead atoms. The molecule has 4 rings (SSSR count). The fraction of sp³-hybridized carbons (Fsp3) is 0.174. The molecule has 2 aromatic carbocycles. The van der Waals surface area contributed by atoms with Crippen LogP contribution in [0, 0.1) is 0 Å². The third-order valence-electron chi connectivity index (χ3n) is 4.12. The van der Waals surface area contributed by atoms with Gasteiger partial charge >= 0.3 is 0 Å². The summed E-state index contributed by atoms with van der Waals surface area (Å²) >= 11 is 0. The molecule has 0 spiro atoms. The predicted molar refractivity (Wildman–Crippen MR) is 107 cm³/mol. The maximum absolute atomic E-state index is 10.8. The zero-order chi connectivity index (χ0) is 19.8. The molecule has 144 valence electrons. The Morgan fingerprint density at radius 2 is 1.18 bits per heavy atom. The lowest BCUT2D eigenvalue weighted by Crippen LogP contribution is -2.02. The molecule has 2 aromatic rings. The lowest BCUT2D eigenvalue weighted by Gasteiger charge is -2.08. The number of carbonyl (C=O) groups is 1. The van der Waals surface area contributed by atoms with Gasteiger partial charge in [0.1, 0.15) is 23.0 Å². The number of Topliss-reactive ketones (excluding diaryl/α,β-unsaturated/α-hetero) is 1. The molecule has 0 aromatic heterocycles. The van der Waals surface area contributed by atoms with E-state index in [0.717, 1.165) is 24.0 Å². The van der Waals surface area contributed by atoms with Gasteiger partial charge in [0, 0.05) is 23.3 Å². The van der Waals surface area contributed by atoms with Crippen LogP contribution in [0.1, 0.15) is 12.8 Å². The number of benzene rings is 2. The van der Waals surface area contributed by atoms with Crippen molar-refractivity contribution in [1.29, 1.82) is 0 Å². The van der Waals surface area contributed by atoms with E-state index in [2.05, 4.69) is 0 Å². The third-order valence-corrected chi connectivity index (χ3v) is 4.12. The molecule has 5 nitrogen and oxygen atoms in total. The van der Waals surface area contributed by atoms with Gasteiger partial charge in [-0.3, -0.25) is 4.79 Å². The lowest BCUT2D eigenvalue weighted by atomic mass is 10.2. The molecule has 0 atom stereocenters. The van der Waals surface area contributed by atoms with Crippen molar-refractivity contribution < 1.29 is 24.5 Å². The van der Waals surface area contributed by atoms with Crippen LogP contribution in [0.2, 0.25) is 0 Å². The number of ketones is 1. The SMILES string of the molecule is O=C1C2=CC=C1C=C2.Oc1cccc(OCCCCOc2cccc(O)c2)c1. The number of phenolic OH excluding ortho intramolecular Hbond substituents is 2. The second-order valence-corrected chi connectivity index (χ2v) is 6.31. The first-order chi connectivity index (χ1) is 13.6. The van der Waals surface area contributed by atoms with Crippen LogP contribution in [0.25, 0.3) is 0 Å². The first-order valence-electron chi connectivity index (χ1n) is 9.10. The number of aromatic hydroxyl groups is 2. The Balaban J connectivity index is 0.000000231. The summed E-state index contributed by atoms with van der Waals surface area (Å²) in [7, 11) is 0. The molecule has 0 aliphatic heterocycles. The van der Waals surface area contributed by atoms with Crippen LogP contribution in [-0.2, 0) is 4.79 Å². The molecular formula is C23H22O5. The van der Waals surface area contributed by atoms with Crippen LogP contribution in [0.5, 0.6) is 23.0 Å². The molecule has 0 fully saturated rings. The van der Waals surface area contributed by atoms with Crippen molar-refractivity contribution in [2.45, 2.75) is 12.8 Å². The summed E-state index contributed by atoms with van der Waals surface area (Å²) in [5, 5.41) is 18.6. The fourth-order valence-electron chi connectivity index (χ4n) is 2.67. The first kappa shape index (κ1) is 19.3. The molecule has 2 aliphatic rings. The van der Waals surface area contributed by atoms with Crippen molar-refractivity contribution in [3.05, 3.63) is 84.0 Å². The normalized spacial score (nSPS) is 13.5. The topological polar surface area (TPSA) is 76.0 Å². The highest BCUT2D eigenvalue weighted by atomic mass is 16.5. The van der Waals surface area contributed by atoms with E-state index in [1.807, 2.05) is 36.4 Å². The average molecular weight is 378 g/mol. The van der Waals surface area contributed by atoms with Crippen molar-refractivity contribution in [3.63, 3.8) is 0 Å². The second kappa shape index (κ2) is 9.46.